The maximum atomic E-state index is 13.0. The van der Waals surface area contributed by atoms with E-state index in [4.69, 9.17) is 4.74 Å². The number of anilines is 1. The van der Waals surface area contributed by atoms with E-state index in [1.165, 1.54) is 53.8 Å². The highest BCUT2D eigenvalue weighted by Crippen LogP contribution is 2.19. The first-order valence-electron chi connectivity index (χ1n) is 7.96. The fourth-order valence-corrected chi connectivity index (χ4v) is 3.42. The largest absolute Gasteiger partial charge is 0.484 e. The first-order valence-corrected chi connectivity index (χ1v) is 9.40. The molecule has 140 valence electrons. The Morgan fingerprint density at radius 3 is 2.42 bits per heavy atom. The third-order valence-corrected chi connectivity index (χ3v) is 5.76. The molecular formula is C18H21FN2O4S. The smallest absolute Gasteiger partial charge is 0.262 e. The second-order valence-electron chi connectivity index (χ2n) is 5.93. The number of carbonyl (C=O) groups is 1. The molecular weight excluding hydrogens is 359 g/mol. The number of sulfonamides is 1. The topological polar surface area (TPSA) is 75.7 Å². The van der Waals surface area contributed by atoms with E-state index in [1.807, 2.05) is 0 Å². The Morgan fingerprint density at radius 2 is 1.85 bits per heavy atom. The van der Waals surface area contributed by atoms with Gasteiger partial charge in [-0.2, -0.15) is 4.31 Å². The first kappa shape index (κ1) is 19.9. The van der Waals surface area contributed by atoms with E-state index in [0.717, 1.165) is 0 Å². The molecule has 2 aromatic rings. The lowest BCUT2D eigenvalue weighted by atomic mass is 10.3. The lowest BCUT2D eigenvalue weighted by molar-refractivity contribution is -0.118. The van der Waals surface area contributed by atoms with Gasteiger partial charge in [0.05, 0.1) is 4.90 Å². The average Bonchev–Trinajstić information content (AvgIpc) is 2.59. The number of amides is 1. The summed E-state index contributed by atoms with van der Waals surface area (Å²) in [5.41, 5.74) is 0.434. The van der Waals surface area contributed by atoms with Crippen LogP contribution in [0, 0.1) is 5.82 Å². The normalized spacial score (nSPS) is 11.6. The maximum absolute atomic E-state index is 13.0. The van der Waals surface area contributed by atoms with Crippen LogP contribution < -0.4 is 10.1 Å². The third kappa shape index (κ3) is 5.03. The van der Waals surface area contributed by atoms with E-state index < -0.39 is 21.7 Å². The molecule has 0 bridgehead atoms. The molecule has 1 N–H and O–H groups in total. The van der Waals surface area contributed by atoms with Gasteiger partial charge in [-0.05, 0) is 50.2 Å². The van der Waals surface area contributed by atoms with Crippen LogP contribution in [0.1, 0.15) is 13.8 Å². The number of hydrogen-bond acceptors (Lipinski definition) is 4. The Kier molecular flexibility index (Phi) is 6.33. The van der Waals surface area contributed by atoms with Crippen LogP contribution in [0.3, 0.4) is 0 Å². The van der Waals surface area contributed by atoms with E-state index in [0.29, 0.717) is 5.69 Å². The van der Waals surface area contributed by atoms with E-state index in [1.54, 1.807) is 19.9 Å². The Morgan fingerprint density at radius 1 is 1.19 bits per heavy atom. The SMILES string of the molecule is CC(C)N(C)S(=O)(=O)c1ccc(NC(=O)COc2cccc(F)c2)cc1. The molecule has 0 fully saturated rings. The summed E-state index contributed by atoms with van der Waals surface area (Å²) >= 11 is 0. The van der Waals surface area contributed by atoms with Crippen molar-refractivity contribution in [3.63, 3.8) is 0 Å². The molecule has 6 nitrogen and oxygen atoms in total. The van der Waals surface area contributed by atoms with Crippen LogP contribution in [0.15, 0.2) is 53.4 Å². The van der Waals surface area contributed by atoms with Crippen molar-refractivity contribution >= 4 is 21.6 Å². The van der Waals surface area contributed by atoms with Gasteiger partial charge in [0.2, 0.25) is 10.0 Å². The highest BCUT2D eigenvalue weighted by Gasteiger charge is 2.22. The fraction of sp³-hybridized carbons (Fsp3) is 0.278. The molecule has 0 radical (unpaired) electrons. The van der Waals surface area contributed by atoms with Gasteiger partial charge >= 0.3 is 0 Å². The van der Waals surface area contributed by atoms with Crippen LogP contribution in [0.4, 0.5) is 10.1 Å². The molecule has 0 aromatic heterocycles. The zero-order valence-electron chi connectivity index (χ0n) is 14.8. The predicted octanol–water partition coefficient (Wildman–Crippen LogP) is 2.87. The Balaban J connectivity index is 1.97. The number of halogens is 1. The minimum absolute atomic E-state index is 0.141. The van der Waals surface area contributed by atoms with Crippen LogP contribution in [-0.4, -0.2) is 38.3 Å². The molecule has 0 unspecified atom stereocenters. The van der Waals surface area contributed by atoms with Crippen LogP contribution in [0.25, 0.3) is 0 Å². The van der Waals surface area contributed by atoms with Crippen LogP contribution in [-0.2, 0) is 14.8 Å². The van der Waals surface area contributed by atoms with Crippen LogP contribution >= 0.6 is 0 Å². The van der Waals surface area contributed by atoms with Crippen molar-refractivity contribution in [3.8, 4) is 5.75 Å². The van der Waals surface area contributed by atoms with Gasteiger partial charge in [0.1, 0.15) is 11.6 Å². The van der Waals surface area contributed by atoms with E-state index in [9.17, 15) is 17.6 Å². The lowest BCUT2D eigenvalue weighted by Gasteiger charge is -2.21. The molecule has 0 aliphatic heterocycles. The number of carbonyl (C=O) groups excluding carboxylic acids is 1. The Labute approximate surface area is 152 Å². The fourth-order valence-electron chi connectivity index (χ4n) is 2.06. The Hall–Kier alpha value is -2.45. The number of nitrogens with zero attached hydrogens (tertiary/aromatic N) is 1. The highest BCUT2D eigenvalue weighted by atomic mass is 32.2. The summed E-state index contributed by atoms with van der Waals surface area (Å²) in [5, 5.41) is 2.59. The minimum atomic E-state index is -3.57. The van der Waals surface area contributed by atoms with Crippen molar-refractivity contribution in [1.82, 2.24) is 4.31 Å². The molecule has 2 rings (SSSR count). The standard InChI is InChI=1S/C18H21FN2O4S/c1-13(2)21(3)26(23,24)17-9-7-15(8-10-17)20-18(22)12-25-16-6-4-5-14(19)11-16/h4-11,13H,12H2,1-3H3,(H,20,22). The predicted molar refractivity (Wildman–Crippen MR) is 97.1 cm³/mol. The number of rotatable bonds is 7. The maximum Gasteiger partial charge on any atom is 0.262 e. The molecule has 0 heterocycles. The zero-order valence-corrected chi connectivity index (χ0v) is 15.6. The summed E-state index contributed by atoms with van der Waals surface area (Å²) in [6.07, 6.45) is 0. The lowest BCUT2D eigenvalue weighted by Crippen LogP contribution is -2.33. The van der Waals surface area contributed by atoms with Crippen molar-refractivity contribution in [1.29, 1.82) is 0 Å². The van der Waals surface area contributed by atoms with E-state index in [-0.39, 0.29) is 23.3 Å². The quantitative estimate of drug-likeness (QED) is 0.801. The van der Waals surface area contributed by atoms with Gasteiger partial charge in [-0.15, -0.1) is 0 Å². The summed E-state index contributed by atoms with van der Waals surface area (Å²) in [6.45, 7) is 3.27. The second-order valence-corrected chi connectivity index (χ2v) is 7.93. The molecule has 0 spiro atoms. The molecule has 2 aromatic carbocycles. The molecule has 0 saturated heterocycles. The summed E-state index contributed by atoms with van der Waals surface area (Å²) in [5.74, 6) is -0.645. The third-order valence-electron chi connectivity index (χ3n) is 3.71. The molecule has 26 heavy (non-hydrogen) atoms. The van der Waals surface area contributed by atoms with Crippen molar-refractivity contribution < 1.29 is 22.3 Å². The summed E-state index contributed by atoms with van der Waals surface area (Å²) in [7, 11) is -2.06. The van der Waals surface area contributed by atoms with Crippen molar-refractivity contribution in [2.75, 3.05) is 19.0 Å². The molecule has 0 aliphatic carbocycles. The molecule has 0 saturated carbocycles. The summed E-state index contributed by atoms with van der Waals surface area (Å²) in [4.78, 5) is 12.0. The molecule has 0 aliphatic rings. The second kappa shape index (κ2) is 8.29. The van der Waals surface area contributed by atoms with Crippen molar-refractivity contribution in [2.45, 2.75) is 24.8 Å². The Bertz CT molecular complexity index is 867. The molecule has 1 amide bonds. The highest BCUT2D eigenvalue weighted by molar-refractivity contribution is 7.89. The number of benzene rings is 2. The number of nitrogens with one attached hydrogen (secondary N) is 1. The zero-order chi connectivity index (χ0) is 19.3. The number of hydrogen-bond donors (Lipinski definition) is 1. The summed E-state index contributed by atoms with van der Waals surface area (Å²) < 4.78 is 44.3. The van der Waals surface area contributed by atoms with Crippen molar-refractivity contribution in [3.05, 3.63) is 54.3 Å². The van der Waals surface area contributed by atoms with Gasteiger partial charge in [-0.1, -0.05) is 6.07 Å². The van der Waals surface area contributed by atoms with Gasteiger partial charge in [-0.3, -0.25) is 4.79 Å². The van der Waals surface area contributed by atoms with Crippen LogP contribution in [0.2, 0.25) is 0 Å². The minimum Gasteiger partial charge on any atom is -0.484 e. The van der Waals surface area contributed by atoms with Gasteiger partial charge in [0.15, 0.2) is 6.61 Å². The van der Waals surface area contributed by atoms with Gasteiger partial charge in [0.25, 0.3) is 5.91 Å². The van der Waals surface area contributed by atoms with Crippen molar-refractivity contribution in [2.24, 2.45) is 0 Å². The average molecular weight is 380 g/mol. The molecule has 0 atom stereocenters. The monoisotopic (exact) mass is 380 g/mol. The first-order chi connectivity index (χ1) is 12.2. The van der Waals surface area contributed by atoms with Gasteiger partial charge in [0, 0.05) is 24.8 Å². The number of ether oxygens (including phenoxy) is 1. The summed E-state index contributed by atoms with van der Waals surface area (Å²) in [6, 6.07) is 11.2. The van der Waals surface area contributed by atoms with E-state index >= 15 is 0 Å². The van der Waals surface area contributed by atoms with E-state index in [2.05, 4.69) is 5.32 Å². The molecule has 8 heteroatoms. The van der Waals surface area contributed by atoms with Gasteiger partial charge in [-0.25, -0.2) is 12.8 Å². The van der Waals surface area contributed by atoms with Crippen LogP contribution in [0.5, 0.6) is 5.75 Å². The van der Waals surface area contributed by atoms with Gasteiger partial charge < -0.3 is 10.1 Å².